The maximum atomic E-state index is 9.88. The van der Waals surface area contributed by atoms with Crippen molar-refractivity contribution in [1.29, 1.82) is 0 Å². The average Bonchev–Trinajstić information content (AvgIpc) is 2.50. The third kappa shape index (κ3) is 4.52. The summed E-state index contributed by atoms with van der Waals surface area (Å²) in [5.74, 6) is 1.18. The maximum Gasteiger partial charge on any atom is 0.132 e. The number of aliphatic hydroxyl groups is 1. The van der Waals surface area contributed by atoms with E-state index in [4.69, 9.17) is 4.42 Å². The van der Waals surface area contributed by atoms with Gasteiger partial charge in [0.15, 0.2) is 0 Å². The highest BCUT2D eigenvalue weighted by Gasteiger charge is 2.19. The Labute approximate surface area is 92.3 Å². The van der Waals surface area contributed by atoms with Crippen LogP contribution >= 0.6 is 0 Å². The molecule has 1 aromatic rings. The topological polar surface area (TPSA) is 33.4 Å². The van der Waals surface area contributed by atoms with Gasteiger partial charge in [-0.2, -0.15) is 0 Å². The van der Waals surface area contributed by atoms with Gasteiger partial charge in [0.25, 0.3) is 0 Å². The molecule has 0 aliphatic heterocycles. The molecule has 0 aromatic carbocycles. The quantitative estimate of drug-likeness (QED) is 0.820. The molecule has 0 spiro atoms. The summed E-state index contributed by atoms with van der Waals surface area (Å²) in [5.41, 5.74) is 0.322. The minimum atomic E-state index is -0.461. The number of furan rings is 1. The van der Waals surface area contributed by atoms with E-state index in [0.29, 0.717) is 17.1 Å². The van der Waals surface area contributed by atoms with Crippen LogP contribution in [0.5, 0.6) is 0 Å². The summed E-state index contributed by atoms with van der Waals surface area (Å²) in [6.45, 7) is 8.85. The smallest absolute Gasteiger partial charge is 0.132 e. The van der Waals surface area contributed by atoms with E-state index >= 15 is 0 Å². The predicted octanol–water partition coefficient (Wildman–Crippen LogP) is 3.78. The lowest BCUT2D eigenvalue weighted by molar-refractivity contribution is 0.112. The fourth-order valence-corrected chi connectivity index (χ4v) is 2.11. The molecule has 0 amide bonds. The van der Waals surface area contributed by atoms with Gasteiger partial charge in [0.2, 0.25) is 0 Å². The second-order valence-electron chi connectivity index (χ2n) is 5.64. The summed E-state index contributed by atoms with van der Waals surface area (Å²) in [4.78, 5) is 0. The first-order valence-electron chi connectivity index (χ1n) is 5.60. The Bertz CT molecular complexity index is 269. The van der Waals surface area contributed by atoms with Gasteiger partial charge in [0.05, 0.1) is 6.26 Å². The van der Waals surface area contributed by atoms with Crippen molar-refractivity contribution in [3.8, 4) is 0 Å². The largest absolute Gasteiger partial charge is 0.467 e. The minimum absolute atomic E-state index is 0.322. The molecule has 15 heavy (non-hydrogen) atoms. The zero-order valence-corrected chi connectivity index (χ0v) is 10.2. The van der Waals surface area contributed by atoms with Gasteiger partial charge in [-0.25, -0.2) is 0 Å². The van der Waals surface area contributed by atoms with Crippen molar-refractivity contribution in [1.82, 2.24) is 0 Å². The SMILES string of the molecule is CC(CC(O)c1ccco1)CC(C)(C)C. The molecule has 1 N–H and O–H groups in total. The van der Waals surface area contributed by atoms with E-state index in [-0.39, 0.29) is 0 Å². The van der Waals surface area contributed by atoms with E-state index in [9.17, 15) is 5.11 Å². The van der Waals surface area contributed by atoms with Crippen molar-refractivity contribution in [3.63, 3.8) is 0 Å². The van der Waals surface area contributed by atoms with Gasteiger partial charge in [-0.1, -0.05) is 27.7 Å². The highest BCUT2D eigenvalue weighted by atomic mass is 16.4. The zero-order valence-electron chi connectivity index (χ0n) is 10.2. The van der Waals surface area contributed by atoms with E-state index in [1.165, 1.54) is 0 Å². The molecule has 2 heteroatoms. The molecule has 1 aromatic heterocycles. The van der Waals surface area contributed by atoms with Crippen molar-refractivity contribution >= 4 is 0 Å². The maximum absolute atomic E-state index is 9.88. The van der Waals surface area contributed by atoms with Crippen LogP contribution in [0.25, 0.3) is 0 Å². The lowest BCUT2D eigenvalue weighted by Gasteiger charge is -2.24. The third-order valence-corrected chi connectivity index (χ3v) is 2.46. The van der Waals surface area contributed by atoms with Crippen LogP contribution in [0.2, 0.25) is 0 Å². The van der Waals surface area contributed by atoms with Gasteiger partial charge in [0, 0.05) is 0 Å². The fraction of sp³-hybridized carbons (Fsp3) is 0.692. The molecule has 1 heterocycles. The zero-order chi connectivity index (χ0) is 11.5. The van der Waals surface area contributed by atoms with Gasteiger partial charge in [-0.3, -0.25) is 0 Å². The van der Waals surface area contributed by atoms with Gasteiger partial charge in [-0.05, 0) is 36.3 Å². The first kappa shape index (κ1) is 12.3. The van der Waals surface area contributed by atoms with Crippen molar-refractivity contribution in [2.75, 3.05) is 0 Å². The Kier molecular flexibility index (Phi) is 3.97. The van der Waals surface area contributed by atoms with Gasteiger partial charge in [0.1, 0.15) is 11.9 Å². The number of aliphatic hydroxyl groups excluding tert-OH is 1. The van der Waals surface area contributed by atoms with E-state index in [1.807, 2.05) is 12.1 Å². The Morgan fingerprint density at radius 1 is 1.40 bits per heavy atom. The Morgan fingerprint density at radius 3 is 2.53 bits per heavy atom. The summed E-state index contributed by atoms with van der Waals surface area (Å²) in [5, 5.41) is 9.88. The lowest BCUT2D eigenvalue weighted by Crippen LogP contribution is -2.13. The van der Waals surface area contributed by atoms with Crippen LogP contribution in [0.15, 0.2) is 22.8 Å². The second-order valence-corrected chi connectivity index (χ2v) is 5.64. The standard InChI is InChI=1S/C13H22O2/c1-10(9-13(2,3)4)8-11(14)12-6-5-7-15-12/h5-7,10-11,14H,8-9H2,1-4H3. The highest BCUT2D eigenvalue weighted by molar-refractivity contribution is 5.01. The minimum Gasteiger partial charge on any atom is -0.467 e. The molecule has 0 fully saturated rings. The van der Waals surface area contributed by atoms with E-state index in [2.05, 4.69) is 27.7 Å². The number of rotatable bonds is 4. The van der Waals surface area contributed by atoms with Crippen molar-refractivity contribution in [3.05, 3.63) is 24.2 Å². The molecule has 0 aliphatic rings. The van der Waals surface area contributed by atoms with Gasteiger partial charge in [-0.15, -0.1) is 0 Å². The monoisotopic (exact) mass is 210 g/mol. The highest BCUT2D eigenvalue weighted by Crippen LogP contribution is 2.30. The van der Waals surface area contributed by atoms with E-state index in [0.717, 1.165) is 12.8 Å². The first-order chi connectivity index (χ1) is 6.88. The molecular formula is C13H22O2. The van der Waals surface area contributed by atoms with Crippen LogP contribution in [-0.2, 0) is 0 Å². The van der Waals surface area contributed by atoms with Gasteiger partial charge < -0.3 is 9.52 Å². The summed E-state index contributed by atoms with van der Waals surface area (Å²) >= 11 is 0. The predicted molar refractivity (Wildman–Crippen MR) is 61.5 cm³/mol. The van der Waals surface area contributed by atoms with E-state index in [1.54, 1.807) is 6.26 Å². The molecule has 0 bridgehead atoms. The molecule has 1 rings (SSSR count). The van der Waals surface area contributed by atoms with Crippen molar-refractivity contribution in [2.24, 2.45) is 11.3 Å². The molecule has 2 atom stereocenters. The van der Waals surface area contributed by atoms with Crippen molar-refractivity contribution in [2.45, 2.75) is 46.6 Å². The summed E-state index contributed by atoms with van der Waals surface area (Å²) in [6, 6.07) is 3.64. The molecule has 2 nitrogen and oxygen atoms in total. The Morgan fingerprint density at radius 2 is 2.07 bits per heavy atom. The molecule has 0 saturated heterocycles. The molecule has 0 radical (unpaired) electrons. The van der Waals surface area contributed by atoms with Crippen LogP contribution in [0.1, 0.15) is 52.4 Å². The average molecular weight is 210 g/mol. The third-order valence-electron chi connectivity index (χ3n) is 2.46. The van der Waals surface area contributed by atoms with Crippen LogP contribution < -0.4 is 0 Å². The Hall–Kier alpha value is -0.760. The van der Waals surface area contributed by atoms with E-state index < -0.39 is 6.10 Å². The molecule has 0 aliphatic carbocycles. The second kappa shape index (κ2) is 4.84. The lowest BCUT2D eigenvalue weighted by atomic mass is 9.83. The van der Waals surface area contributed by atoms with Crippen LogP contribution in [0, 0.1) is 11.3 Å². The number of hydrogen-bond donors (Lipinski definition) is 1. The van der Waals surface area contributed by atoms with Crippen LogP contribution in [0.4, 0.5) is 0 Å². The van der Waals surface area contributed by atoms with Gasteiger partial charge >= 0.3 is 0 Å². The molecule has 2 unspecified atom stereocenters. The van der Waals surface area contributed by atoms with Crippen molar-refractivity contribution < 1.29 is 9.52 Å². The summed E-state index contributed by atoms with van der Waals surface area (Å²) in [7, 11) is 0. The molecule has 0 saturated carbocycles. The Balaban J connectivity index is 2.42. The summed E-state index contributed by atoms with van der Waals surface area (Å²) in [6.07, 6.45) is 3.03. The molecular weight excluding hydrogens is 188 g/mol. The summed E-state index contributed by atoms with van der Waals surface area (Å²) < 4.78 is 5.18. The van der Waals surface area contributed by atoms with Crippen LogP contribution in [-0.4, -0.2) is 5.11 Å². The number of hydrogen-bond acceptors (Lipinski definition) is 2. The normalized spacial score (nSPS) is 16.3. The van der Waals surface area contributed by atoms with Crippen LogP contribution in [0.3, 0.4) is 0 Å². The fourth-order valence-electron chi connectivity index (χ4n) is 2.11. The first-order valence-corrected chi connectivity index (χ1v) is 5.60. The molecule has 86 valence electrons.